The number of hydrogen-bond donors (Lipinski definition) is 1. The summed E-state index contributed by atoms with van der Waals surface area (Å²) < 4.78 is 33.5. The fourth-order valence-corrected chi connectivity index (χ4v) is 5.57. The third kappa shape index (κ3) is 3.76. The predicted octanol–water partition coefficient (Wildman–Crippen LogP) is 2.94. The second kappa shape index (κ2) is 7.94. The van der Waals surface area contributed by atoms with Gasteiger partial charge in [0, 0.05) is 24.5 Å². The number of sulfonamides is 1. The third-order valence-corrected chi connectivity index (χ3v) is 7.20. The molecule has 0 saturated carbocycles. The van der Waals surface area contributed by atoms with Crippen molar-refractivity contribution < 1.29 is 18.3 Å². The third-order valence-electron chi connectivity index (χ3n) is 5.25. The molecule has 7 heteroatoms. The summed E-state index contributed by atoms with van der Waals surface area (Å²) in [5.74, 6) is 0.726. The number of nitrogens with zero attached hydrogens (tertiary/aromatic N) is 2. The van der Waals surface area contributed by atoms with Crippen LogP contribution in [-0.2, 0) is 23.0 Å². The monoisotopic (exact) mass is 410 g/mol. The highest BCUT2D eigenvalue weighted by Crippen LogP contribution is 2.39. The Morgan fingerprint density at radius 2 is 1.69 bits per heavy atom. The Kier molecular flexibility index (Phi) is 5.36. The summed E-state index contributed by atoms with van der Waals surface area (Å²) in [6, 6.07) is 17.1. The molecule has 1 aromatic heterocycles. The lowest BCUT2D eigenvalue weighted by Crippen LogP contribution is -2.48. The van der Waals surface area contributed by atoms with Crippen LogP contribution in [0.15, 0.2) is 78.0 Å². The Hall–Kier alpha value is -2.74. The highest BCUT2D eigenvalue weighted by Gasteiger charge is 2.43. The van der Waals surface area contributed by atoms with Gasteiger partial charge in [0.15, 0.2) is 0 Å². The maximum absolute atomic E-state index is 13.4. The zero-order valence-electron chi connectivity index (χ0n) is 16.0. The molecule has 2 aromatic carbocycles. The van der Waals surface area contributed by atoms with Crippen molar-refractivity contribution >= 4 is 10.0 Å². The first kappa shape index (κ1) is 19.6. The molecule has 4 rings (SSSR count). The minimum Gasteiger partial charge on any atom is -0.497 e. The minimum absolute atomic E-state index is 0.160. The van der Waals surface area contributed by atoms with Gasteiger partial charge in [-0.15, -0.1) is 0 Å². The van der Waals surface area contributed by atoms with Crippen molar-refractivity contribution in [3.8, 4) is 5.75 Å². The van der Waals surface area contributed by atoms with Gasteiger partial charge >= 0.3 is 0 Å². The molecule has 0 aliphatic carbocycles. The number of ether oxygens (including phenoxy) is 1. The van der Waals surface area contributed by atoms with Crippen LogP contribution >= 0.6 is 0 Å². The van der Waals surface area contributed by atoms with Gasteiger partial charge in [-0.25, -0.2) is 8.42 Å². The van der Waals surface area contributed by atoms with E-state index in [0.29, 0.717) is 12.0 Å². The van der Waals surface area contributed by atoms with E-state index in [9.17, 15) is 13.5 Å². The first-order valence-electron chi connectivity index (χ1n) is 9.31. The number of aromatic nitrogens is 1. The average molecular weight is 410 g/mol. The summed E-state index contributed by atoms with van der Waals surface area (Å²) in [4.78, 5) is 4.16. The van der Waals surface area contributed by atoms with Crippen molar-refractivity contribution in [2.45, 2.75) is 30.0 Å². The van der Waals surface area contributed by atoms with Crippen LogP contribution < -0.4 is 4.74 Å². The van der Waals surface area contributed by atoms with Crippen LogP contribution in [0, 0.1) is 0 Å². The van der Waals surface area contributed by atoms with E-state index in [4.69, 9.17) is 4.74 Å². The smallest absolute Gasteiger partial charge is 0.244 e. The van der Waals surface area contributed by atoms with Gasteiger partial charge in [0.2, 0.25) is 10.0 Å². The summed E-state index contributed by atoms with van der Waals surface area (Å²) in [7, 11) is -2.17. The fraction of sp³-hybridized carbons (Fsp3) is 0.227. The van der Waals surface area contributed by atoms with E-state index in [1.165, 1.54) is 4.31 Å². The zero-order valence-corrected chi connectivity index (χ0v) is 16.8. The molecule has 0 fully saturated rings. The summed E-state index contributed by atoms with van der Waals surface area (Å²) in [6.45, 7) is 0.164. The molecule has 1 aliphatic rings. The first-order chi connectivity index (χ1) is 14.0. The summed E-state index contributed by atoms with van der Waals surface area (Å²) in [5, 5.41) is 11.1. The van der Waals surface area contributed by atoms with Crippen LogP contribution in [0.2, 0.25) is 0 Å². The highest BCUT2D eigenvalue weighted by atomic mass is 32.2. The number of hydrogen-bond acceptors (Lipinski definition) is 5. The molecule has 0 bridgehead atoms. The second-order valence-electron chi connectivity index (χ2n) is 7.01. The summed E-state index contributed by atoms with van der Waals surface area (Å²) >= 11 is 0. The molecule has 0 saturated heterocycles. The first-order valence-corrected chi connectivity index (χ1v) is 10.8. The largest absolute Gasteiger partial charge is 0.497 e. The van der Waals surface area contributed by atoms with Crippen LogP contribution in [0.25, 0.3) is 0 Å². The van der Waals surface area contributed by atoms with Crippen molar-refractivity contribution in [2.75, 3.05) is 7.11 Å². The van der Waals surface area contributed by atoms with E-state index in [2.05, 4.69) is 4.98 Å². The van der Waals surface area contributed by atoms with Crippen LogP contribution in [-0.4, -0.2) is 36.0 Å². The molecule has 0 spiro atoms. The molecule has 29 heavy (non-hydrogen) atoms. The lowest BCUT2D eigenvalue weighted by Gasteiger charge is -2.39. The molecule has 0 radical (unpaired) electrons. The Morgan fingerprint density at radius 3 is 2.38 bits per heavy atom. The fourth-order valence-electron chi connectivity index (χ4n) is 3.72. The van der Waals surface area contributed by atoms with Gasteiger partial charge in [-0.1, -0.05) is 30.3 Å². The van der Waals surface area contributed by atoms with E-state index >= 15 is 0 Å². The van der Waals surface area contributed by atoms with Crippen molar-refractivity contribution in [1.82, 2.24) is 9.29 Å². The number of methoxy groups -OCH3 is 1. The predicted molar refractivity (Wildman–Crippen MR) is 109 cm³/mol. The summed E-state index contributed by atoms with van der Waals surface area (Å²) in [5.41, 5.74) is 2.18. The molecule has 0 amide bonds. The van der Waals surface area contributed by atoms with Gasteiger partial charge in [-0.3, -0.25) is 4.98 Å². The number of rotatable bonds is 5. The Labute approximate surface area is 170 Å². The molecule has 6 nitrogen and oxygen atoms in total. The quantitative estimate of drug-likeness (QED) is 0.700. The molecular formula is C22H22N2O4S. The van der Waals surface area contributed by atoms with Crippen LogP contribution in [0.3, 0.4) is 0 Å². The van der Waals surface area contributed by atoms with Crippen molar-refractivity contribution in [2.24, 2.45) is 0 Å². The average Bonchev–Trinajstić information content (AvgIpc) is 2.76. The SMILES string of the molecule is COc1ccc(C[C@H]2[C@@H](O)c3ccccc3S(=O)(=O)N2Cc2ccncc2)cc1. The number of aliphatic hydroxyl groups excluding tert-OH is 1. The van der Waals surface area contributed by atoms with Crippen LogP contribution in [0.1, 0.15) is 22.8 Å². The highest BCUT2D eigenvalue weighted by molar-refractivity contribution is 7.89. The van der Waals surface area contributed by atoms with Crippen molar-refractivity contribution in [3.05, 3.63) is 89.7 Å². The maximum atomic E-state index is 13.4. The van der Waals surface area contributed by atoms with E-state index in [-0.39, 0.29) is 11.4 Å². The number of fused-ring (bicyclic) bond motifs is 1. The molecule has 2 heterocycles. The van der Waals surface area contributed by atoms with Gasteiger partial charge in [0.05, 0.1) is 24.2 Å². The Bertz CT molecular complexity index is 1090. The molecule has 1 aliphatic heterocycles. The van der Waals surface area contributed by atoms with Gasteiger partial charge in [-0.2, -0.15) is 4.31 Å². The minimum atomic E-state index is -3.77. The van der Waals surface area contributed by atoms with Crippen LogP contribution in [0.4, 0.5) is 0 Å². The van der Waals surface area contributed by atoms with Crippen molar-refractivity contribution in [1.29, 1.82) is 0 Å². The standard InChI is InChI=1S/C22H22N2O4S/c1-28-18-8-6-16(7-9-18)14-20-22(25)19-4-2-3-5-21(19)29(26,27)24(20)15-17-10-12-23-13-11-17/h2-13,20,22,25H,14-15H2,1H3/t20-,22-/m0/s1. The van der Waals surface area contributed by atoms with Gasteiger partial charge in [0.1, 0.15) is 5.75 Å². The van der Waals surface area contributed by atoms with Gasteiger partial charge in [0.25, 0.3) is 0 Å². The van der Waals surface area contributed by atoms with E-state index in [1.807, 2.05) is 24.3 Å². The van der Waals surface area contributed by atoms with Crippen molar-refractivity contribution in [3.63, 3.8) is 0 Å². The molecule has 150 valence electrons. The maximum Gasteiger partial charge on any atom is 0.244 e. The van der Waals surface area contributed by atoms with Gasteiger partial charge in [-0.05, 0) is 47.9 Å². The molecular weight excluding hydrogens is 388 g/mol. The summed E-state index contributed by atoms with van der Waals surface area (Å²) in [6.07, 6.45) is 2.71. The topological polar surface area (TPSA) is 79.7 Å². The lowest BCUT2D eigenvalue weighted by atomic mass is 9.95. The lowest BCUT2D eigenvalue weighted by molar-refractivity contribution is 0.0769. The van der Waals surface area contributed by atoms with E-state index in [0.717, 1.165) is 16.9 Å². The molecule has 2 atom stereocenters. The number of aliphatic hydroxyl groups is 1. The van der Waals surface area contributed by atoms with Gasteiger partial charge < -0.3 is 9.84 Å². The number of benzene rings is 2. The zero-order chi connectivity index (χ0) is 20.4. The molecule has 1 N–H and O–H groups in total. The van der Waals surface area contributed by atoms with Crippen LogP contribution in [0.5, 0.6) is 5.75 Å². The van der Waals surface area contributed by atoms with E-state index in [1.54, 1.807) is 55.9 Å². The van der Waals surface area contributed by atoms with E-state index < -0.39 is 22.2 Å². The molecule has 0 unspecified atom stereocenters. The second-order valence-corrected chi connectivity index (χ2v) is 8.87. The Morgan fingerprint density at radius 1 is 1.00 bits per heavy atom. The normalized spacial score (nSPS) is 20.8. The number of pyridine rings is 1. The molecule has 3 aromatic rings. The Balaban J connectivity index is 1.76.